The smallest absolute Gasteiger partial charge is 0.293 e. The van der Waals surface area contributed by atoms with Crippen molar-refractivity contribution in [1.82, 2.24) is 4.57 Å². The number of benzene rings is 1. The van der Waals surface area contributed by atoms with Gasteiger partial charge in [-0.15, -0.1) is 0 Å². The largest absolute Gasteiger partial charge is 0.334 e. The molecule has 0 unspecified atom stereocenters. The minimum Gasteiger partial charge on any atom is -0.334 e. The van der Waals surface area contributed by atoms with E-state index < -0.39 is 4.92 Å². The van der Waals surface area contributed by atoms with E-state index in [9.17, 15) is 14.9 Å². The Balaban J connectivity index is 2.67. The number of nitrogens with zero attached hydrogens (tertiary/aromatic N) is 2. The van der Waals surface area contributed by atoms with Crippen molar-refractivity contribution in [3.8, 4) is 0 Å². The first-order valence-corrected chi connectivity index (χ1v) is 4.81. The monoisotopic (exact) mass is 218 g/mol. The first kappa shape index (κ1) is 10.4. The maximum Gasteiger partial charge on any atom is 0.293 e. The van der Waals surface area contributed by atoms with Crippen molar-refractivity contribution in [1.29, 1.82) is 0 Å². The van der Waals surface area contributed by atoms with Crippen LogP contribution in [-0.2, 0) is 11.3 Å². The third-order valence-electron chi connectivity index (χ3n) is 2.36. The van der Waals surface area contributed by atoms with Gasteiger partial charge in [-0.3, -0.25) is 14.9 Å². The van der Waals surface area contributed by atoms with Crippen LogP contribution >= 0.6 is 0 Å². The molecule has 1 heterocycles. The summed E-state index contributed by atoms with van der Waals surface area (Å²) < 4.78 is 1.61. The topological polar surface area (TPSA) is 65.1 Å². The number of aromatic nitrogens is 1. The molecule has 0 radical (unpaired) electrons. The zero-order valence-electron chi connectivity index (χ0n) is 8.71. The van der Waals surface area contributed by atoms with Crippen molar-refractivity contribution in [2.24, 2.45) is 0 Å². The average molecular weight is 218 g/mol. The molecule has 0 saturated heterocycles. The third-order valence-corrected chi connectivity index (χ3v) is 2.36. The quantitative estimate of drug-likeness (QED) is 0.585. The van der Waals surface area contributed by atoms with Crippen LogP contribution in [-0.4, -0.2) is 15.3 Å². The predicted molar refractivity (Wildman–Crippen MR) is 59.3 cm³/mol. The van der Waals surface area contributed by atoms with Crippen molar-refractivity contribution in [3.63, 3.8) is 0 Å². The SMILES string of the molecule is CC(=O)Cn1ccc2cccc([N+](=O)[O-])c21. The van der Waals surface area contributed by atoms with Crippen molar-refractivity contribution in [2.75, 3.05) is 0 Å². The number of hydrogen-bond acceptors (Lipinski definition) is 3. The number of hydrogen-bond donors (Lipinski definition) is 0. The van der Waals surface area contributed by atoms with Gasteiger partial charge in [0.05, 0.1) is 11.5 Å². The van der Waals surface area contributed by atoms with E-state index in [2.05, 4.69) is 0 Å². The number of nitro groups is 1. The molecule has 1 aromatic carbocycles. The van der Waals surface area contributed by atoms with Crippen LogP contribution in [0.1, 0.15) is 6.92 Å². The third kappa shape index (κ3) is 1.67. The van der Waals surface area contributed by atoms with Crippen LogP contribution < -0.4 is 0 Å². The lowest BCUT2D eigenvalue weighted by molar-refractivity contribution is -0.383. The van der Waals surface area contributed by atoms with Crippen molar-refractivity contribution < 1.29 is 9.72 Å². The molecular formula is C11H10N2O3. The van der Waals surface area contributed by atoms with Gasteiger partial charge < -0.3 is 4.57 Å². The summed E-state index contributed by atoms with van der Waals surface area (Å²) in [5.41, 5.74) is 0.534. The van der Waals surface area contributed by atoms with Crippen LogP contribution in [0.3, 0.4) is 0 Å². The van der Waals surface area contributed by atoms with Crippen LogP contribution in [0.5, 0.6) is 0 Å². The molecule has 0 aliphatic heterocycles. The summed E-state index contributed by atoms with van der Waals surface area (Å²) in [5, 5.41) is 11.6. The fourth-order valence-corrected chi connectivity index (χ4v) is 1.76. The van der Waals surface area contributed by atoms with Gasteiger partial charge in [0.15, 0.2) is 0 Å². The van der Waals surface area contributed by atoms with E-state index in [1.165, 1.54) is 13.0 Å². The van der Waals surface area contributed by atoms with Crippen molar-refractivity contribution >= 4 is 22.4 Å². The molecule has 1 aromatic heterocycles. The second-order valence-corrected chi connectivity index (χ2v) is 3.62. The molecule has 0 bridgehead atoms. The summed E-state index contributed by atoms with van der Waals surface area (Å²) >= 11 is 0. The Morgan fingerprint density at radius 1 is 1.44 bits per heavy atom. The normalized spacial score (nSPS) is 10.6. The Bertz CT molecular complexity index is 572. The van der Waals surface area contributed by atoms with E-state index in [0.717, 1.165) is 5.39 Å². The van der Waals surface area contributed by atoms with E-state index in [4.69, 9.17) is 0 Å². The van der Waals surface area contributed by atoms with Gasteiger partial charge in [0, 0.05) is 17.6 Å². The summed E-state index contributed by atoms with van der Waals surface area (Å²) in [4.78, 5) is 21.5. The molecule has 0 aliphatic carbocycles. The molecule has 16 heavy (non-hydrogen) atoms. The van der Waals surface area contributed by atoms with Gasteiger partial charge >= 0.3 is 0 Å². The first-order chi connectivity index (χ1) is 7.59. The fourth-order valence-electron chi connectivity index (χ4n) is 1.76. The van der Waals surface area contributed by atoms with Gasteiger partial charge in [0.2, 0.25) is 0 Å². The minimum absolute atomic E-state index is 0.0313. The molecule has 0 atom stereocenters. The molecule has 2 rings (SSSR count). The Labute approximate surface area is 91.4 Å². The van der Waals surface area contributed by atoms with E-state index >= 15 is 0 Å². The average Bonchev–Trinajstić information content (AvgIpc) is 2.60. The number of rotatable bonds is 3. The number of para-hydroxylation sites is 1. The summed E-state index contributed by atoms with van der Waals surface area (Å²) in [6.07, 6.45) is 1.69. The Kier molecular flexibility index (Phi) is 2.44. The highest BCUT2D eigenvalue weighted by Crippen LogP contribution is 2.26. The van der Waals surface area contributed by atoms with Crippen LogP contribution in [0, 0.1) is 10.1 Å². The Morgan fingerprint density at radius 3 is 2.81 bits per heavy atom. The number of ketones is 1. The zero-order chi connectivity index (χ0) is 11.7. The summed E-state index contributed by atoms with van der Waals surface area (Å²) in [6, 6.07) is 6.64. The highest BCUT2D eigenvalue weighted by Gasteiger charge is 2.15. The van der Waals surface area contributed by atoms with Gasteiger partial charge in [-0.05, 0) is 13.0 Å². The summed E-state index contributed by atoms with van der Waals surface area (Å²) in [5.74, 6) is -0.0318. The van der Waals surface area contributed by atoms with E-state index in [0.29, 0.717) is 5.52 Å². The lowest BCUT2D eigenvalue weighted by Crippen LogP contribution is -2.05. The van der Waals surface area contributed by atoms with Crippen molar-refractivity contribution in [2.45, 2.75) is 13.5 Å². The molecule has 2 aromatic rings. The van der Waals surface area contributed by atoms with Gasteiger partial charge in [0.25, 0.3) is 5.69 Å². The predicted octanol–water partition coefficient (Wildman–Crippen LogP) is 2.14. The Morgan fingerprint density at radius 2 is 2.19 bits per heavy atom. The first-order valence-electron chi connectivity index (χ1n) is 4.81. The second-order valence-electron chi connectivity index (χ2n) is 3.62. The molecule has 0 amide bonds. The van der Waals surface area contributed by atoms with Crippen LogP contribution in [0.4, 0.5) is 5.69 Å². The highest BCUT2D eigenvalue weighted by atomic mass is 16.6. The number of non-ortho nitro benzene ring substituents is 1. The van der Waals surface area contributed by atoms with Gasteiger partial charge in [-0.2, -0.15) is 0 Å². The maximum atomic E-state index is 11.0. The number of carbonyl (C=O) groups excluding carboxylic acids is 1. The molecule has 5 heteroatoms. The van der Waals surface area contributed by atoms with Gasteiger partial charge in [-0.25, -0.2) is 0 Å². The van der Waals surface area contributed by atoms with E-state index in [-0.39, 0.29) is 18.0 Å². The molecule has 0 aliphatic rings. The van der Waals surface area contributed by atoms with Crippen LogP contribution in [0.25, 0.3) is 10.9 Å². The van der Waals surface area contributed by atoms with Crippen molar-refractivity contribution in [3.05, 3.63) is 40.6 Å². The molecule has 0 spiro atoms. The number of carbonyl (C=O) groups is 1. The molecule has 0 fully saturated rings. The summed E-state index contributed by atoms with van der Waals surface area (Å²) in [6.45, 7) is 1.62. The standard InChI is InChI=1S/C11H10N2O3/c1-8(14)7-12-6-5-9-3-2-4-10(11(9)12)13(15)16/h2-6H,7H2,1H3. The Hall–Kier alpha value is -2.17. The molecular weight excluding hydrogens is 208 g/mol. The molecule has 0 saturated carbocycles. The van der Waals surface area contributed by atoms with E-state index in [1.807, 2.05) is 0 Å². The minimum atomic E-state index is -0.432. The molecule has 0 N–H and O–H groups in total. The lowest BCUT2D eigenvalue weighted by atomic mass is 10.2. The second kappa shape index (κ2) is 3.77. The van der Waals surface area contributed by atoms with Gasteiger partial charge in [-0.1, -0.05) is 12.1 Å². The molecule has 5 nitrogen and oxygen atoms in total. The number of nitro benzene ring substituents is 1. The maximum absolute atomic E-state index is 11.0. The zero-order valence-corrected chi connectivity index (χ0v) is 8.71. The lowest BCUT2D eigenvalue weighted by Gasteiger charge is -2.02. The highest BCUT2D eigenvalue weighted by molar-refractivity contribution is 5.89. The number of Topliss-reactive ketones (excluding diaryl/α,β-unsaturated/α-hetero) is 1. The summed E-state index contributed by atoms with van der Waals surface area (Å²) in [7, 11) is 0. The van der Waals surface area contributed by atoms with E-state index in [1.54, 1.807) is 29.0 Å². The molecule has 82 valence electrons. The van der Waals surface area contributed by atoms with Gasteiger partial charge in [0.1, 0.15) is 11.3 Å². The van der Waals surface area contributed by atoms with Crippen LogP contribution in [0.2, 0.25) is 0 Å². The van der Waals surface area contributed by atoms with Crippen LogP contribution in [0.15, 0.2) is 30.5 Å². The number of fused-ring (bicyclic) bond motifs is 1. The fraction of sp³-hybridized carbons (Fsp3) is 0.182.